The minimum atomic E-state index is 0. The van der Waals surface area contributed by atoms with E-state index in [2.05, 4.69) is 41.6 Å². The van der Waals surface area contributed by atoms with Crippen LogP contribution in [0.15, 0.2) is 29.3 Å². The highest BCUT2D eigenvalue weighted by molar-refractivity contribution is 14.0. The molecule has 1 aliphatic rings. The molecule has 1 aromatic carbocycles. The van der Waals surface area contributed by atoms with Crippen LogP contribution in [0, 0.1) is 0 Å². The second kappa shape index (κ2) is 11.3. The van der Waals surface area contributed by atoms with E-state index in [1.54, 1.807) is 0 Å². The fourth-order valence-electron chi connectivity index (χ4n) is 2.60. The number of nitrogens with zero attached hydrogens (tertiary/aromatic N) is 2. The summed E-state index contributed by atoms with van der Waals surface area (Å²) >= 11 is 0. The summed E-state index contributed by atoms with van der Waals surface area (Å²) in [7, 11) is 0. The predicted molar refractivity (Wildman–Crippen MR) is 111 cm³/mol. The highest BCUT2D eigenvalue weighted by Gasteiger charge is 2.21. The van der Waals surface area contributed by atoms with Crippen molar-refractivity contribution < 1.29 is 4.79 Å². The number of halogens is 1. The third-order valence-corrected chi connectivity index (χ3v) is 3.91. The molecule has 134 valence electrons. The first-order valence-corrected chi connectivity index (χ1v) is 8.66. The number of hydrogen-bond acceptors (Lipinski definition) is 2. The molecule has 24 heavy (non-hydrogen) atoms. The Balaban J connectivity index is 0.00000288. The Bertz CT molecular complexity index is 530. The Morgan fingerprint density at radius 2 is 1.96 bits per heavy atom. The van der Waals surface area contributed by atoms with Gasteiger partial charge in [0.25, 0.3) is 0 Å². The van der Waals surface area contributed by atoms with E-state index in [9.17, 15) is 4.79 Å². The van der Waals surface area contributed by atoms with Crippen LogP contribution in [-0.4, -0.2) is 31.5 Å². The minimum absolute atomic E-state index is 0. The maximum Gasteiger partial charge on any atom is 0.227 e. The smallest absolute Gasteiger partial charge is 0.227 e. The molecular weight excluding hydrogens is 415 g/mol. The molecule has 2 N–H and O–H groups in total. The zero-order chi connectivity index (χ0) is 16.5. The number of carbonyl (C=O) groups excluding carboxylic acids is 1. The van der Waals surface area contributed by atoms with Crippen molar-refractivity contribution in [2.45, 2.75) is 46.1 Å². The van der Waals surface area contributed by atoms with Gasteiger partial charge in [0.15, 0.2) is 5.96 Å². The Hall–Kier alpha value is -1.31. The van der Waals surface area contributed by atoms with Gasteiger partial charge < -0.3 is 15.5 Å². The van der Waals surface area contributed by atoms with E-state index in [-0.39, 0.29) is 29.9 Å². The van der Waals surface area contributed by atoms with Gasteiger partial charge in [-0.1, -0.05) is 25.5 Å². The quantitative estimate of drug-likeness (QED) is 0.294. The van der Waals surface area contributed by atoms with Gasteiger partial charge in [0, 0.05) is 31.7 Å². The maximum absolute atomic E-state index is 11.8. The standard InChI is InChI=1S/C18H28N4O.HI/c1-3-5-12-20-18(19-4-2)21-14-15-8-10-16(11-9-15)22-13-6-7-17(22)23;/h8-11H,3-7,12-14H2,1-2H3,(H2,19,20,21);1H. The molecule has 1 amide bonds. The molecule has 1 fully saturated rings. The second-order valence-corrected chi connectivity index (χ2v) is 5.79. The fraction of sp³-hybridized carbons (Fsp3) is 0.556. The number of amides is 1. The normalized spacial score (nSPS) is 14.5. The van der Waals surface area contributed by atoms with E-state index in [4.69, 9.17) is 0 Å². The average Bonchev–Trinajstić information content (AvgIpc) is 2.99. The van der Waals surface area contributed by atoms with E-state index in [0.717, 1.165) is 49.7 Å². The fourth-order valence-corrected chi connectivity index (χ4v) is 2.60. The maximum atomic E-state index is 11.8. The summed E-state index contributed by atoms with van der Waals surface area (Å²) in [5.41, 5.74) is 2.14. The summed E-state index contributed by atoms with van der Waals surface area (Å²) in [6, 6.07) is 8.15. The number of guanidine groups is 1. The Morgan fingerprint density at radius 1 is 1.21 bits per heavy atom. The van der Waals surface area contributed by atoms with Gasteiger partial charge in [-0.15, -0.1) is 24.0 Å². The molecule has 0 aromatic heterocycles. The van der Waals surface area contributed by atoms with Gasteiger partial charge in [-0.05, 0) is 37.5 Å². The van der Waals surface area contributed by atoms with Crippen LogP contribution in [0.25, 0.3) is 0 Å². The molecule has 2 rings (SSSR count). The van der Waals surface area contributed by atoms with Crippen LogP contribution in [0.3, 0.4) is 0 Å². The molecular formula is C18H29IN4O. The zero-order valence-electron chi connectivity index (χ0n) is 14.7. The van der Waals surface area contributed by atoms with Gasteiger partial charge in [-0.2, -0.15) is 0 Å². The number of anilines is 1. The van der Waals surface area contributed by atoms with Gasteiger partial charge in [0.2, 0.25) is 5.91 Å². The number of aliphatic imine (C=N–C) groups is 1. The van der Waals surface area contributed by atoms with Crippen LogP contribution >= 0.6 is 24.0 Å². The van der Waals surface area contributed by atoms with Crippen molar-refractivity contribution in [2.24, 2.45) is 4.99 Å². The van der Waals surface area contributed by atoms with Crippen LogP contribution < -0.4 is 15.5 Å². The van der Waals surface area contributed by atoms with Crippen molar-refractivity contribution in [1.82, 2.24) is 10.6 Å². The van der Waals surface area contributed by atoms with Gasteiger partial charge in [-0.25, -0.2) is 4.99 Å². The number of benzene rings is 1. The van der Waals surface area contributed by atoms with Crippen LogP contribution in [0.2, 0.25) is 0 Å². The van der Waals surface area contributed by atoms with E-state index in [1.807, 2.05) is 17.0 Å². The van der Waals surface area contributed by atoms with Crippen molar-refractivity contribution in [3.63, 3.8) is 0 Å². The van der Waals surface area contributed by atoms with Crippen LogP contribution in [0.5, 0.6) is 0 Å². The summed E-state index contributed by atoms with van der Waals surface area (Å²) in [6.07, 6.45) is 3.94. The molecule has 0 aliphatic carbocycles. The zero-order valence-corrected chi connectivity index (χ0v) is 17.0. The molecule has 5 nitrogen and oxygen atoms in total. The minimum Gasteiger partial charge on any atom is -0.357 e. The van der Waals surface area contributed by atoms with Crippen molar-refractivity contribution in [2.75, 3.05) is 24.5 Å². The van der Waals surface area contributed by atoms with E-state index in [1.165, 1.54) is 6.42 Å². The molecule has 0 saturated carbocycles. The van der Waals surface area contributed by atoms with Crippen molar-refractivity contribution in [3.8, 4) is 0 Å². The molecule has 1 aromatic rings. The van der Waals surface area contributed by atoms with E-state index < -0.39 is 0 Å². The largest absolute Gasteiger partial charge is 0.357 e. The molecule has 1 heterocycles. The van der Waals surface area contributed by atoms with E-state index in [0.29, 0.717) is 13.0 Å². The molecule has 0 unspecified atom stereocenters. The van der Waals surface area contributed by atoms with Crippen LogP contribution in [-0.2, 0) is 11.3 Å². The Morgan fingerprint density at radius 3 is 2.54 bits per heavy atom. The topological polar surface area (TPSA) is 56.7 Å². The Kier molecular flexibility index (Phi) is 9.75. The first kappa shape index (κ1) is 20.7. The van der Waals surface area contributed by atoms with Crippen LogP contribution in [0.1, 0.15) is 45.1 Å². The summed E-state index contributed by atoms with van der Waals surface area (Å²) in [5, 5.41) is 6.60. The number of rotatable bonds is 7. The second-order valence-electron chi connectivity index (χ2n) is 5.79. The van der Waals surface area contributed by atoms with Crippen molar-refractivity contribution in [3.05, 3.63) is 29.8 Å². The van der Waals surface area contributed by atoms with Crippen molar-refractivity contribution in [1.29, 1.82) is 0 Å². The number of unbranched alkanes of at least 4 members (excludes halogenated alkanes) is 1. The SMILES string of the molecule is CCCCNC(=NCc1ccc(N2CCCC2=O)cc1)NCC.I. The summed E-state index contributed by atoms with van der Waals surface area (Å²) in [6.45, 7) is 7.52. The monoisotopic (exact) mass is 444 g/mol. The molecule has 0 bridgehead atoms. The van der Waals surface area contributed by atoms with Gasteiger partial charge in [0.05, 0.1) is 6.54 Å². The van der Waals surface area contributed by atoms with Gasteiger partial charge in [0.1, 0.15) is 0 Å². The highest BCUT2D eigenvalue weighted by atomic mass is 127. The summed E-state index contributed by atoms with van der Waals surface area (Å²) in [4.78, 5) is 18.2. The predicted octanol–water partition coefficient (Wildman–Crippen LogP) is 3.29. The molecule has 1 aliphatic heterocycles. The molecule has 6 heteroatoms. The van der Waals surface area contributed by atoms with Gasteiger partial charge in [-0.3, -0.25) is 4.79 Å². The van der Waals surface area contributed by atoms with Crippen molar-refractivity contribution >= 4 is 41.5 Å². The average molecular weight is 444 g/mol. The first-order chi connectivity index (χ1) is 11.2. The third-order valence-electron chi connectivity index (χ3n) is 3.91. The number of carbonyl (C=O) groups is 1. The summed E-state index contributed by atoms with van der Waals surface area (Å²) in [5.74, 6) is 1.09. The summed E-state index contributed by atoms with van der Waals surface area (Å²) < 4.78 is 0. The molecule has 0 spiro atoms. The number of nitrogens with one attached hydrogen (secondary N) is 2. The molecule has 1 saturated heterocycles. The third kappa shape index (κ3) is 6.30. The lowest BCUT2D eigenvalue weighted by Crippen LogP contribution is -2.37. The molecule has 0 radical (unpaired) electrons. The van der Waals surface area contributed by atoms with Crippen LogP contribution in [0.4, 0.5) is 5.69 Å². The number of hydrogen-bond donors (Lipinski definition) is 2. The molecule has 0 atom stereocenters. The lowest BCUT2D eigenvalue weighted by atomic mass is 10.2. The highest BCUT2D eigenvalue weighted by Crippen LogP contribution is 2.21. The van der Waals surface area contributed by atoms with Gasteiger partial charge >= 0.3 is 0 Å². The van der Waals surface area contributed by atoms with E-state index >= 15 is 0 Å². The lowest BCUT2D eigenvalue weighted by Gasteiger charge is -2.15. The Labute approximate surface area is 162 Å². The lowest BCUT2D eigenvalue weighted by molar-refractivity contribution is -0.117. The first-order valence-electron chi connectivity index (χ1n) is 8.66.